The fourth-order valence-electron chi connectivity index (χ4n) is 1.67. The molecule has 0 aromatic heterocycles. The third-order valence-electron chi connectivity index (χ3n) is 2.31. The number of hydrogen-bond donors (Lipinski definition) is 1. The van der Waals surface area contributed by atoms with Crippen molar-refractivity contribution >= 4 is 23.1 Å². The van der Waals surface area contributed by atoms with E-state index in [1.165, 1.54) is 0 Å². The summed E-state index contributed by atoms with van der Waals surface area (Å²) in [5, 5.41) is 4.03. The topological polar surface area (TPSA) is 28.9 Å². The van der Waals surface area contributed by atoms with E-state index in [2.05, 4.69) is 11.2 Å². The van der Waals surface area contributed by atoms with Crippen LogP contribution in [0.15, 0.2) is 40.9 Å². The van der Waals surface area contributed by atoms with Crippen molar-refractivity contribution in [2.75, 3.05) is 0 Å². The minimum atomic E-state index is 0.813. The van der Waals surface area contributed by atoms with Crippen LogP contribution in [0.25, 0.3) is 22.2 Å². The Balaban J connectivity index is 2.59. The molecule has 0 radical (unpaired) electrons. The van der Waals surface area contributed by atoms with Crippen LogP contribution in [0.1, 0.15) is 0 Å². The molecule has 0 spiro atoms. The molecule has 1 heterocycles. The monoisotopic (exact) mass is 201 g/mol. The SMILES string of the molecule is S=c1cc2o[nH]c3ccccc3c-2c1. The molecule has 0 saturated heterocycles. The van der Waals surface area contributed by atoms with Crippen molar-refractivity contribution in [1.82, 2.24) is 5.16 Å². The Morgan fingerprint density at radius 3 is 2.93 bits per heavy atom. The van der Waals surface area contributed by atoms with Gasteiger partial charge in [-0.15, -0.1) is 0 Å². The van der Waals surface area contributed by atoms with Crippen LogP contribution in [0.5, 0.6) is 0 Å². The van der Waals surface area contributed by atoms with Gasteiger partial charge in [-0.25, -0.2) is 5.16 Å². The zero-order valence-electron chi connectivity index (χ0n) is 7.28. The molecular weight excluding hydrogens is 194 g/mol. The van der Waals surface area contributed by atoms with Gasteiger partial charge in [0.2, 0.25) is 0 Å². The Labute approximate surface area is 85.5 Å². The molecule has 3 heteroatoms. The lowest BCUT2D eigenvalue weighted by Crippen LogP contribution is -1.81. The lowest BCUT2D eigenvalue weighted by atomic mass is 10.1. The lowest BCUT2D eigenvalue weighted by molar-refractivity contribution is 0.427. The van der Waals surface area contributed by atoms with Gasteiger partial charge in [0.15, 0.2) is 5.76 Å². The second-order valence-electron chi connectivity index (χ2n) is 3.22. The first-order valence-electron chi connectivity index (χ1n) is 4.34. The second-order valence-corrected chi connectivity index (χ2v) is 3.69. The van der Waals surface area contributed by atoms with E-state index in [9.17, 15) is 0 Å². The molecule has 0 amide bonds. The number of H-pyrrole nitrogens is 1. The molecule has 0 fully saturated rings. The van der Waals surface area contributed by atoms with E-state index in [1.54, 1.807) is 0 Å². The van der Waals surface area contributed by atoms with E-state index in [1.807, 2.05) is 30.3 Å². The highest BCUT2D eigenvalue weighted by atomic mass is 32.1. The van der Waals surface area contributed by atoms with Gasteiger partial charge in [0.25, 0.3) is 0 Å². The molecule has 0 atom stereocenters. The average molecular weight is 201 g/mol. The van der Waals surface area contributed by atoms with Crippen molar-refractivity contribution in [2.24, 2.45) is 0 Å². The van der Waals surface area contributed by atoms with E-state index in [0.717, 1.165) is 26.7 Å². The Kier molecular flexibility index (Phi) is 1.49. The molecular formula is C11H7NOS. The van der Waals surface area contributed by atoms with Gasteiger partial charge in [-0.05, 0) is 12.1 Å². The summed E-state index contributed by atoms with van der Waals surface area (Å²) in [5.74, 6) is 0.814. The summed E-state index contributed by atoms with van der Waals surface area (Å²) in [5.41, 5.74) is 2.06. The summed E-state index contributed by atoms with van der Waals surface area (Å²) in [6, 6.07) is 11.8. The van der Waals surface area contributed by atoms with E-state index in [-0.39, 0.29) is 0 Å². The predicted octanol–water partition coefficient (Wildman–Crippen LogP) is 3.60. The van der Waals surface area contributed by atoms with Crippen molar-refractivity contribution in [3.63, 3.8) is 0 Å². The molecule has 1 aliphatic carbocycles. The number of hydrogen-bond acceptors (Lipinski definition) is 2. The van der Waals surface area contributed by atoms with Crippen LogP contribution >= 0.6 is 12.2 Å². The smallest absolute Gasteiger partial charge is 0.164 e. The zero-order valence-corrected chi connectivity index (χ0v) is 8.10. The van der Waals surface area contributed by atoms with Crippen LogP contribution in [-0.2, 0) is 0 Å². The number of fused-ring (bicyclic) bond motifs is 3. The van der Waals surface area contributed by atoms with Crippen molar-refractivity contribution in [2.45, 2.75) is 0 Å². The van der Waals surface area contributed by atoms with E-state index < -0.39 is 0 Å². The van der Waals surface area contributed by atoms with Gasteiger partial charge >= 0.3 is 0 Å². The molecule has 3 rings (SSSR count). The molecule has 1 aromatic carbocycles. The maximum atomic E-state index is 5.35. The summed E-state index contributed by atoms with van der Waals surface area (Å²) in [6.45, 7) is 0. The van der Waals surface area contributed by atoms with E-state index >= 15 is 0 Å². The third kappa shape index (κ3) is 0.992. The molecule has 68 valence electrons. The maximum Gasteiger partial charge on any atom is 0.164 e. The van der Waals surface area contributed by atoms with Gasteiger partial charge in [0, 0.05) is 21.5 Å². The van der Waals surface area contributed by atoms with Gasteiger partial charge in [-0.3, -0.25) is 0 Å². The molecule has 0 saturated carbocycles. The van der Waals surface area contributed by atoms with Crippen molar-refractivity contribution in [1.29, 1.82) is 0 Å². The highest BCUT2D eigenvalue weighted by Crippen LogP contribution is 2.30. The summed E-state index contributed by atoms with van der Waals surface area (Å²) < 4.78 is 6.17. The van der Waals surface area contributed by atoms with Crippen molar-refractivity contribution < 1.29 is 4.52 Å². The normalized spacial score (nSPS) is 11.1. The maximum absolute atomic E-state index is 5.35. The van der Waals surface area contributed by atoms with E-state index in [4.69, 9.17) is 16.7 Å². The minimum Gasteiger partial charge on any atom is -0.381 e. The fourth-order valence-corrected chi connectivity index (χ4v) is 1.90. The fraction of sp³-hybridized carbons (Fsp3) is 0. The number of aromatic nitrogens is 1. The number of para-hydroxylation sites is 1. The summed E-state index contributed by atoms with van der Waals surface area (Å²) in [4.78, 5) is 0. The first kappa shape index (κ1) is 7.76. The summed E-state index contributed by atoms with van der Waals surface area (Å²) in [7, 11) is 0. The van der Waals surface area contributed by atoms with Gasteiger partial charge in [-0.1, -0.05) is 30.4 Å². The molecule has 0 bridgehead atoms. The Morgan fingerprint density at radius 1 is 1.14 bits per heavy atom. The molecule has 0 unspecified atom stereocenters. The van der Waals surface area contributed by atoms with Crippen LogP contribution in [0.2, 0.25) is 0 Å². The first-order valence-corrected chi connectivity index (χ1v) is 4.75. The molecule has 1 aromatic rings. The van der Waals surface area contributed by atoms with Gasteiger partial charge in [0.1, 0.15) is 0 Å². The second kappa shape index (κ2) is 2.69. The average Bonchev–Trinajstić information content (AvgIpc) is 2.59. The Hall–Kier alpha value is -1.61. The number of aromatic amines is 1. The molecule has 2 aliphatic rings. The Morgan fingerprint density at radius 2 is 2.00 bits per heavy atom. The lowest BCUT2D eigenvalue weighted by Gasteiger charge is -2.02. The molecule has 1 aliphatic heterocycles. The van der Waals surface area contributed by atoms with Gasteiger partial charge < -0.3 is 4.52 Å². The largest absolute Gasteiger partial charge is 0.381 e. The number of nitrogens with one attached hydrogen (secondary N) is 1. The van der Waals surface area contributed by atoms with Crippen LogP contribution in [0, 0.1) is 4.51 Å². The van der Waals surface area contributed by atoms with Crippen LogP contribution in [0.4, 0.5) is 0 Å². The van der Waals surface area contributed by atoms with Crippen molar-refractivity contribution in [3.8, 4) is 11.3 Å². The van der Waals surface area contributed by atoms with Crippen LogP contribution in [0.3, 0.4) is 0 Å². The van der Waals surface area contributed by atoms with Gasteiger partial charge in [-0.2, -0.15) is 0 Å². The molecule has 14 heavy (non-hydrogen) atoms. The zero-order chi connectivity index (χ0) is 9.54. The predicted molar refractivity (Wildman–Crippen MR) is 58.0 cm³/mol. The summed E-state index contributed by atoms with van der Waals surface area (Å²) >= 11 is 5.10. The standard InChI is InChI=1S/C11H7NOS/c14-7-5-9-8-3-1-2-4-10(8)12-13-11(9)6-7/h1-6,12H. The quantitative estimate of drug-likeness (QED) is 0.563. The first-order chi connectivity index (χ1) is 6.84. The minimum absolute atomic E-state index is 0.813. The molecule has 2 nitrogen and oxygen atoms in total. The van der Waals surface area contributed by atoms with Crippen LogP contribution in [-0.4, -0.2) is 5.16 Å². The number of benzene rings is 1. The van der Waals surface area contributed by atoms with Gasteiger partial charge in [0.05, 0.1) is 5.52 Å². The van der Waals surface area contributed by atoms with E-state index in [0.29, 0.717) is 0 Å². The summed E-state index contributed by atoms with van der Waals surface area (Å²) in [6.07, 6.45) is 0. The van der Waals surface area contributed by atoms with Crippen LogP contribution < -0.4 is 0 Å². The van der Waals surface area contributed by atoms with Crippen molar-refractivity contribution in [3.05, 3.63) is 40.9 Å². The Bertz CT molecular complexity index is 623. The molecule has 1 N–H and O–H groups in total. The highest BCUT2D eigenvalue weighted by molar-refractivity contribution is 7.71. The highest BCUT2D eigenvalue weighted by Gasteiger charge is 2.09. The third-order valence-corrected chi connectivity index (χ3v) is 2.55. The number of rotatable bonds is 0.